The third-order valence-corrected chi connectivity index (χ3v) is 3.33. The second-order valence-corrected chi connectivity index (χ2v) is 4.64. The van der Waals surface area contributed by atoms with Gasteiger partial charge in [0, 0.05) is 29.2 Å². The normalized spacial score (nSPS) is 9.95. The van der Waals surface area contributed by atoms with Gasteiger partial charge in [-0.25, -0.2) is 5.48 Å². The average Bonchev–Trinajstić information content (AvgIpc) is 2.99. The molecule has 0 radical (unpaired) electrons. The van der Waals surface area contributed by atoms with Crippen LogP contribution in [0, 0.1) is 0 Å². The van der Waals surface area contributed by atoms with Gasteiger partial charge >= 0.3 is 0 Å². The van der Waals surface area contributed by atoms with Gasteiger partial charge in [-0.05, 0) is 29.8 Å². The Kier molecular flexibility index (Phi) is 5.33. The van der Waals surface area contributed by atoms with Crippen LogP contribution < -0.4 is 5.48 Å². The number of amides is 1. The maximum absolute atomic E-state index is 11.4. The minimum absolute atomic E-state index is 0.442. The summed E-state index contributed by atoms with van der Waals surface area (Å²) in [6, 6.07) is 17.5. The summed E-state index contributed by atoms with van der Waals surface area (Å²) in [5.74, 6) is -0.497. The lowest BCUT2D eigenvalue weighted by atomic mass is 10.1. The van der Waals surface area contributed by atoms with Crippen LogP contribution in [0.4, 0.5) is 0 Å². The number of carbonyl (C=O) groups excluding carboxylic acids is 1. The molecule has 0 spiro atoms. The second kappa shape index (κ2) is 7.43. The molecule has 1 heterocycles. The summed E-state index contributed by atoms with van der Waals surface area (Å²) in [7, 11) is 0. The molecule has 2 N–H and O–H groups in total. The largest absolute Gasteiger partial charge is 0.343 e. The van der Waals surface area contributed by atoms with Gasteiger partial charge in [-0.15, -0.1) is 0 Å². The fraction of sp³-hybridized carbons (Fsp3) is 0.167. The Morgan fingerprint density at radius 3 is 2.50 bits per heavy atom. The molecule has 0 aliphatic carbocycles. The van der Waals surface area contributed by atoms with Crippen LogP contribution in [-0.4, -0.2) is 15.7 Å². The van der Waals surface area contributed by atoms with Crippen LogP contribution in [0.3, 0.4) is 0 Å². The van der Waals surface area contributed by atoms with Gasteiger partial charge in [-0.2, -0.15) is 0 Å². The van der Waals surface area contributed by atoms with E-state index >= 15 is 0 Å². The molecular formula is C18H20N2O2. The number of nitrogens with one attached hydrogen (secondary N) is 1. The zero-order valence-corrected chi connectivity index (χ0v) is 12.8. The van der Waals surface area contributed by atoms with E-state index in [9.17, 15) is 4.79 Å². The van der Waals surface area contributed by atoms with Crippen LogP contribution in [0.15, 0.2) is 60.8 Å². The fourth-order valence-corrected chi connectivity index (χ4v) is 2.32. The molecule has 0 saturated carbocycles. The summed E-state index contributed by atoms with van der Waals surface area (Å²) in [6.45, 7) is 4.79. The van der Waals surface area contributed by atoms with E-state index in [0.29, 0.717) is 5.56 Å². The van der Waals surface area contributed by atoms with Gasteiger partial charge in [0.15, 0.2) is 0 Å². The standard InChI is InChI=1S/C16H14N2O2.C2H6/c19-16(17-20)14-6-7-15-13(10-14)8-9-18(15)11-12-4-2-1-3-5-12;1-2/h1-10,20H,11H2,(H,17,19);1-2H3. The van der Waals surface area contributed by atoms with E-state index in [1.807, 2.05) is 50.4 Å². The Labute approximate surface area is 130 Å². The molecule has 0 fully saturated rings. The zero-order valence-electron chi connectivity index (χ0n) is 12.8. The van der Waals surface area contributed by atoms with E-state index < -0.39 is 5.91 Å². The minimum atomic E-state index is -0.497. The SMILES string of the molecule is CC.O=C(NO)c1ccc2c(ccn2Cc2ccccc2)c1. The van der Waals surface area contributed by atoms with Gasteiger partial charge in [0.2, 0.25) is 0 Å². The van der Waals surface area contributed by atoms with Crippen molar-refractivity contribution in [3.8, 4) is 0 Å². The van der Waals surface area contributed by atoms with E-state index in [4.69, 9.17) is 5.21 Å². The summed E-state index contributed by atoms with van der Waals surface area (Å²) >= 11 is 0. The molecule has 0 unspecified atom stereocenters. The third-order valence-electron chi connectivity index (χ3n) is 3.33. The van der Waals surface area contributed by atoms with Crippen molar-refractivity contribution in [3.05, 3.63) is 71.9 Å². The summed E-state index contributed by atoms with van der Waals surface area (Å²) < 4.78 is 2.13. The molecule has 0 aliphatic heterocycles. The molecule has 4 nitrogen and oxygen atoms in total. The molecule has 3 aromatic rings. The first-order valence-electron chi connectivity index (χ1n) is 7.35. The predicted octanol–water partition coefficient (Wildman–Crippen LogP) is 3.83. The highest BCUT2D eigenvalue weighted by Crippen LogP contribution is 2.19. The van der Waals surface area contributed by atoms with Crippen molar-refractivity contribution in [2.24, 2.45) is 0 Å². The number of benzene rings is 2. The Morgan fingerprint density at radius 1 is 1.09 bits per heavy atom. The van der Waals surface area contributed by atoms with E-state index in [0.717, 1.165) is 17.4 Å². The van der Waals surface area contributed by atoms with Crippen molar-refractivity contribution in [2.75, 3.05) is 0 Å². The van der Waals surface area contributed by atoms with Crippen LogP contribution in [-0.2, 0) is 6.54 Å². The zero-order chi connectivity index (χ0) is 15.9. The maximum Gasteiger partial charge on any atom is 0.274 e. The van der Waals surface area contributed by atoms with Gasteiger partial charge in [0.25, 0.3) is 5.91 Å². The molecule has 2 aromatic carbocycles. The van der Waals surface area contributed by atoms with Gasteiger partial charge < -0.3 is 4.57 Å². The highest BCUT2D eigenvalue weighted by molar-refractivity contribution is 5.97. The molecule has 3 rings (SSSR count). The average molecular weight is 296 g/mol. The summed E-state index contributed by atoms with van der Waals surface area (Å²) in [6.07, 6.45) is 2.00. The number of aromatic nitrogens is 1. The molecule has 114 valence electrons. The van der Waals surface area contributed by atoms with Gasteiger partial charge in [0.05, 0.1) is 0 Å². The first kappa shape index (κ1) is 15.8. The number of hydrogen-bond donors (Lipinski definition) is 2. The molecule has 1 amide bonds. The lowest BCUT2D eigenvalue weighted by molar-refractivity contribution is 0.0706. The van der Waals surface area contributed by atoms with Gasteiger partial charge in [0.1, 0.15) is 0 Å². The summed E-state index contributed by atoms with van der Waals surface area (Å²) in [4.78, 5) is 11.4. The number of carbonyl (C=O) groups is 1. The fourth-order valence-electron chi connectivity index (χ4n) is 2.32. The molecular weight excluding hydrogens is 276 g/mol. The lowest BCUT2D eigenvalue weighted by Gasteiger charge is -2.06. The van der Waals surface area contributed by atoms with Crippen LogP contribution in [0.25, 0.3) is 10.9 Å². The first-order valence-corrected chi connectivity index (χ1v) is 7.35. The topological polar surface area (TPSA) is 54.3 Å². The highest BCUT2D eigenvalue weighted by Gasteiger charge is 2.07. The maximum atomic E-state index is 11.4. The second-order valence-electron chi connectivity index (χ2n) is 4.64. The van der Waals surface area contributed by atoms with Crippen molar-refractivity contribution in [1.82, 2.24) is 10.0 Å². The number of rotatable bonds is 3. The van der Waals surface area contributed by atoms with Crippen molar-refractivity contribution in [2.45, 2.75) is 20.4 Å². The molecule has 4 heteroatoms. The Balaban J connectivity index is 0.000000847. The van der Waals surface area contributed by atoms with Crippen LogP contribution in [0.1, 0.15) is 29.8 Å². The highest BCUT2D eigenvalue weighted by atomic mass is 16.5. The van der Waals surface area contributed by atoms with Crippen LogP contribution in [0.5, 0.6) is 0 Å². The molecule has 22 heavy (non-hydrogen) atoms. The Morgan fingerprint density at radius 2 is 1.82 bits per heavy atom. The molecule has 0 saturated heterocycles. The Bertz CT molecular complexity index is 748. The number of fused-ring (bicyclic) bond motifs is 1. The summed E-state index contributed by atoms with van der Waals surface area (Å²) in [5, 5.41) is 9.63. The van der Waals surface area contributed by atoms with E-state index in [2.05, 4.69) is 16.7 Å². The van der Waals surface area contributed by atoms with Gasteiger partial charge in [-0.3, -0.25) is 10.0 Å². The monoisotopic (exact) mass is 296 g/mol. The predicted molar refractivity (Wildman–Crippen MR) is 88.1 cm³/mol. The number of hydrogen-bond acceptors (Lipinski definition) is 2. The third kappa shape index (κ3) is 3.35. The number of hydroxylamine groups is 1. The smallest absolute Gasteiger partial charge is 0.274 e. The molecule has 1 aromatic heterocycles. The Hall–Kier alpha value is -2.59. The van der Waals surface area contributed by atoms with Crippen LogP contribution >= 0.6 is 0 Å². The molecule has 0 aliphatic rings. The van der Waals surface area contributed by atoms with Crippen molar-refractivity contribution >= 4 is 16.8 Å². The van der Waals surface area contributed by atoms with Crippen LogP contribution in [0.2, 0.25) is 0 Å². The van der Waals surface area contributed by atoms with Crippen molar-refractivity contribution in [1.29, 1.82) is 0 Å². The van der Waals surface area contributed by atoms with Crippen molar-refractivity contribution in [3.63, 3.8) is 0 Å². The molecule has 0 bridgehead atoms. The quantitative estimate of drug-likeness (QED) is 0.570. The minimum Gasteiger partial charge on any atom is -0.343 e. The number of nitrogens with zero attached hydrogens (tertiary/aromatic N) is 1. The van der Waals surface area contributed by atoms with Crippen molar-refractivity contribution < 1.29 is 10.0 Å². The van der Waals surface area contributed by atoms with E-state index in [1.165, 1.54) is 5.56 Å². The van der Waals surface area contributed by atoms with E-state index in [-0.39, 0.29) is 0 Å². The molecule has 0 atom stereocenters. The lowest BCUT2D eigenvalue weighted by Crippen LogP contribution is -2.18. The summed E-state index contributed by atoms with van der Waals surface area (Å²) in [5.41, 5.74) is 4.37. The van der Waals surface area contributed by atoms with Gasteiger partial charge in [-0.1, -0.05) is 44.2 Å². The first-order chi connectivity index (χ1) is 10.8. The van der Waals surface area contributed by atoms with E-state index in [1.54, 1.807) is 17.6 Å².